The SMILES string of the molecule is CCN(CC)c1cc(OC(=O)NC(C)(C)C)c(N)cc1Cl. The number of hydrogen-bond acceptors (Lipinski definition) is 4. The van der Waals surface area contributed by atoms with Crippen molar-refractivity contribution in [2.45, 2.75) is 40.2 Å². The van der Waals surface area contributed by atoms with Gasteiger partial charge in [-0.15, -0.1) is 0 Å². The summed E-state index contributed by atoms with van der Waals surface area (Å²) in [6, 6.07) is 3.31. The number of rotatable bonds is 4. The normalized spacial score (nSPS) is 11.1. The van der Waals surface area contributed by atoms with Gasteiger partial charge < -0.3 is 20.7 Å². The van der Waals surface area contributed by atoms with Gasteiger partial charge in [0.1, 0.15) is 0 Å². The largest absolute Gasteiger partial charge is 0.413 e. The smallest absolute Gasteiger partial charge is 0.408 e. The lowest BCUT2D eigenvalue weighted by Crippen LogP contribution is -2.42. The second kappa shape index (κ2) is 6.89. The van der Waals surface area contributed by atoms with Gasteiger partial charge in [-0.1, -0.05) is 11.6 Å². The van der Waals surface area contributed by atoms with Crippen molar-refractivity contribution in [3.63, 3.8) is 0 Å². The van der Waals surface area contributed by atoms with Crippen LogP contribution < -0.4 is 20.7 Å². The van der Waals surface area contributed by atoms with E-state index in [1.807, 2.05) is 34.6 Å². The standard InChI is InChI=1S/C15H24ClN3O2/c1-6-19(7-2)12-9-13(11(17)8-10(12)16)21-14(20)18-15(3,4)5/h8-9H,6-7,17H2,1-5H3,(H,18,20). The summed E-state index contributed by atoms with van der Waals surface area (Å²) in [6.45, 7) is 11.3. The fourth-order valence-corrected chi connectivity index (χ4v) is 2.18. The lowest BCUT2D eigenvalue weighted by Gasteiger charge is -2.24. The van der Waals surface area contributed by atoms with E-state index in [4.69, 9.17) is 22.1 Å². The Morgan fingerprint density at radius 2 is 1.90 bits per heavy atom. The minimum atomic E-state index is -0.540. The van der Waals surface area contributed by atoms with Gasteiger partial charge in [0, 0.05) is 24.7 Å². The number of nitrogen functional groups attached to an aromatic ring is 1. The van der Waals surface area contributed by atoms with Crippen molar-refractivity contribution in [2.24, 2.45) is 0 Å². The first kappa shape index (κ1) is 17.4. The number of nitrogens with zero attached hydrogens (tertiary/aromatic N) is 1. The van der Waals surface area contributed by atoms with Gasteiger partial charge in [0.05, 0.1) is 16.4 Å². The van der Waals surface area contributed by atoms with E-state index in [0.717, 1.165) is 18.8 Å². The number of benzene rings is 1. The number of anilines is 2. The molecule has 0 unspecified atom stereocenters. The predicted molar refractivity (Wildman–Crippen MR) is 88.3 cm³/mol. The maximum atomic E-state index is 11.8. The Kier molecular flexibility index (Phi) is 5.72. The molecule has 0 saturated carbocycles. The summed E-state index contributed by atoms with van der Waals surface area (Å²) in [6.07, 6.45) is -0.540. The van der Waals surface area contributed by atoms with Crippen LogP contribution in [0.15, 0.2) is 12.1 Å². The monoisotopic (exact) mass is 313 g/mol. The van der Waals surface area contributed by atoms with E-state index in [1.54, 1.807) is 12.1 Å². The molecule has 1 aromatic rings. The average Bonchev–Trinajstić information content (AvgIpc) is 2.33. The maximum Gasteiger partial charge on any atom is 0.413 e. The minimum Gasteiger partial charge on any atom is -0.408 e. The van der Waals surface area contributed by atoms with Crippen LogP contribution >= 0.6 is 11.6 Å². The van der Waals surface area contributed by atoms with Crippen LogP contribution in [0.5, 0.6) is 5.75 Å². The number of nitrogens with one attached hydrogen (secondary N) is 1. The Labute approximate surface area is 131 Å². The van der Waals surface area contributed by atoms with Crippen molar-refractivity contribution >= 4 is 29.1 Å². The molecule has 1 aromatic carbocycles. The number of halogens is 1. The van der Waals surface area contributed by atoms with Crippen LogP contribution in [0.1, 0.15) is 34.6 Å². The van der Waals surface area contributed by atoms with Crippen LogP contribution in [0.25, 0.3) is 0 Å². The van der Waals surface area contributed by atoms with Crippen LogP contribution in [-0.2, 0) is 0 Å². The van der Waals surface area contributed by atoms with Crippen molar-refractivity contribution in [1.29, 1.82) is 0 Å². The molecule has 0 aliphatic heterocycles. The van der Waals surface area contributed by atoms with Crippen molar-refractivity contribution < 1.29 is 9.53 Å². The molecular formula is C15H24ClN3O2. The summed E-state index contributed by atoms with van der Waals surface area (Å²) >= 11 is 6.22. The first-order valence-corrected chi connectivity index (χ1v) is 7.39. The zero-order chi connectivity index (χ0) is 16.2. The summed E-state index contributed by atoms with van der Waals surface area (Å²) < 4.78 is 5.30. The van der Waals surface area contributed by atoms with Crippen molar-refractivity contribution in [3.05, 3.63) is 17.2 Å². The van der Waals surface area contributed by atoms with E-state index in [-0.39, 0.29) is 5.54 Å². The Morgan fingerprint density at radius 3 is 2.38 bits per heavy atom. The number of amides is 1. The maximum absolute atomic E-state index is 11.8. The van der Waals surface area contributed by atoms with Gasteiger partial charge in [0.15, 0.2) is 5.75 Å². The summed E-state index contributed by atoms with van der Waals surface area (Å²) in [4.78, 5) is 13.9. The van der Waals surface area contributed by atoms with E-state index in [9.17, 15) is 4.79 Å². The Morgan fingerprint density at radius 1 is 1.33 bits per heavy atom. The molecule has 0 fully saturated rings. The zero-order valence-electron chi connectivity index (χ0n) is 13.3. The molecule has 0 radical (unpaired) electrons. The highest BCUT2D eigenvalue weighted by molar-refractivity contribution is 6.33. The molecule has 6 heteroatoms. The van der Waals surface area contributed by atoms with Gasteiger partial charge in [-0.25, -0.2) is 4.79 Å². The summed E-state index contributed by atoms with van der Waals surface area (Å²) in [5, 5.41) is 3.26. The molecule has 21 heavy (non-hydrogen) atoms. The van der Waals surface area contributed by atoms with Crippen LogP contribution in [0.4, 0.5) is 16.2 Å². The highest BCUT2D eigenvalue weighted by Gasteiger charge is 2.18. The third-order valence-corrected chi connectivity index (χ3v) is 3.17. The third kappa shape index (κ3) is 5.01. The molecule has 3 N–H and O–H groups in total. The van der Waals surface area contributed by atoms with E-state index in [0.29, 0.717) is 16.5 Å². The number of ether oxygens (including phenoxy) is 1. The molecule has 0 aromatic heterocycles. The second-order valence-electron chi connectivity index (χ2n) is 5.78. The Hall–Kier alpha value is -1.62. The van der Waals surface area contributed by atoms with Gasteiger partial charge in [-0.2, -0.15) is 0 Å². The van der Waals surface area contributed by atoms with Crippen LogP contribution in [0.3, 0.4) is 0 Å². The van der Waals surface area contributed by atoms with Crippen molar-refractivity contribution in [3.8, 4) is 5.75 Å². The summed E-state index contributed by atoms with van der Waals surface area (Å²) in [5.74, 6) is 0.308. The molecule has 0 bridgehead atoms. The quantitative estimate of drug-likeness (QED) is 0.832. The first-order valence-electron chi connectivity index (χ1n) is 7.02. The van der Waals surface area contributed by atoms with E-state index in [2.05, 4.69) is 10.2 Å². The van der Waals surface area contributed by atoms with E-state index in [1.165, 1.54) is 0 Å². The van der Waals surface area contributed by atoms with Crippen LogP contribution in [-0.4, -0.2) is 24.7 Å². The van der Waals surface area contributed by atoms with Crippen LogP contribution in [0.2, 0.25) is 5.02 Å². The molecular weight excluding hydrogens is 290 g/mol. The highest BCUT2D eigenvalue weighted by Crippen LogP contribution is 2.35. The third-order valence-electron chi connectivity index (χ3n) is 2.86. The van der Waals surface area contributed by atoms with Gasteiger partial charge in [-0.05, 0) is 40.7 Å². The molecule has 118 valence electrons. The molecule has 0 spiro atoms. The molecule has 1 amide bonds. The Balaban J connectivity index is 3.02. The Bertz CT molecular complexity index is 508. The van der Waals surface area contributed by atoms with Gasteiger partial charge in [0.2, 0.25) is 0 Å². The molecule has 0 heterocycles. The molecule has 5 nitrogen and oxygen atoms in total. The number of nitrogens with two attached hydrogens (primary N) is 1. The fourth-order valence-electron chi connectivity index (χ4n) is 1.88. The van der Waals surface area contributed by atoms with Gasteiger partial charge >= 0.3 is 6.09 Å². The van der Waals surface area contributed by atoms with Gasteiger partial charge in [-0.3, -0.25) is 0 Å². The summed E-state index contributed by atoms with van der Waals surface area (Å²) in [7, 11) is 0. The van der Waals surface area contributed by atoms with Crippen molar-refractivity contribution in [1.82, 2.24) is 5.32 Å². The molecule has 0 aliphatic carbocycles. The van der Waals surface area contributed by atoms with Gasteiger partial charge in [0.25, 0.3) is 0 Å². The molecule has 0 saturated heterocycles. The average molecular weight is 314 g/mol. The second-order valence-corrected chi connectivity index (χ2v) is 6.19. The van der Waals surface area contributed by atoms with Crippen molar-refractivity contribution in [2.75, 3.05) is 23.7 Å². The zero-order valence-corrected chi connectivity index (χ0v) is 14.0. The summed E-state index contributed by atoms with van der Waals surface area (Å²) in [5.41, 5.74) is 6.64. The van der Waals surface area contributed by atoms with E-state index < -0.39 is 6.09 Å². The predicted octanol–water partition coefficient (Wildman–Crippen LogP) is 3.66. The fraction of sp³-hybridized carbons (Fsp3) is 0.533. The minimum absolute atomic E-state index is 0.308. The molecule has 0 aliphatic rings. The highest BCUT2D eigenvalue weighted by atomic mass is 35.5. The lowest BCUT2D eigenvalue weighted by molar-refractivity contribution is 0.191. The number of hydrogen-bond donors (Lipinski definition) is 2. The topological polar surface area (TPSA) is 67.6 Å². The number of carbonyl (C=O) groups is 1. The molecule has 0 atom stereocenters. The number of carbonyl (C=O) groups excluding carboxylic acids is 1. The molecule has 1 rings (SSSR count). The lowest BCUT2D eigenvalue weighted by atomic mass is 10.1. The first-order chi connectivity index (χ1) is 9.67. The van der Waals surface area contributed by atoms with E-state index >= 15 is 0 Å². The van der Waals surface area contributed by atoms with Crippen LogP contribution in [0, 0.1) is 0 Å².